The van der Waals surface area contributed by atoms with Gasteiger partial charge in [-0.3, -0.25) is 33.8 Å². The lowest BCUT2D eigenvalue weighted by Gasteiger charge is -2.38. The van der Waals surface area contributed by atoms with Gasteiger partial charge < -0.3 is 26.2 Å². The van der Waals surface area contributed by atoms with Crippen LogP contribution in [0.4, 0.5) is 0 Å². The molecule has 4 fully saturated rings. The van der Waals surface area contributed by atoms with Crippen LogP contribution in [-0.2, 0) is 24.0 Å². The molecular formula is C39H59N7O6. The Morgan fingerprint density at radius 2 is 1.60 bits per heavy atom. The molecule has 2 heterocycles. The predicted molar refractivity (Wildman–Crippen MR) is 195 cm³/mol. The molecule has 13 nitrogen and oxygen atoms in total. The van der Waals surface area contributed by atoms with Gasteiger partial charge in [0.05, 0.1) is 17.9 Å². The molecule has 5 amide bonds. The van der Waals surface area contributed by atoms with Gasteiger partial charge in [0.2, 0.25) is 23.5 Å². The number of carbonyl (C=O) groups excluding carboxylic acids is 6. The number of Topliss-reactive ketones (excluding diaryl/α,β-unsaturated/α-hetero) is 1. The fourth-order valence-corrected chi connectivity index (χ4v) is 8.22. The first-order chi connectivity index (χ1) is 24.7. The summed E-state index contributed by atoms with van der Waals surface area (Å²) in [5, 5.41) is 11.6. The first kappa shape index (κ1) is 39.3. The highest BCUT2D eigenvalue weighted by atomic mass is 16.2. The Bertz CT molecular complexity index is 1500. The second-order valence-electron chi connectivity index (χ2n) is 16.9. The Kier molecular flexibility index (Phi) is 12.7. The molecule has 4 N–H and O–H groups in total. The molecule has 1 saturated heterocycles. The van der Waals surface area contributed by atoms with Gasteiger partial charge in [-0.05, 0) is 74.0 Å². The van der Waals surface area contributed by atoms with Gasteiger partial charge in [0.1, 0.15) is 23.8 Å². The van der Waals surface area contributed by atoms with Gasteiger partial charge in [0.25, 0.3) is 11.8 Å². The van der Waals surface area contributed by atoms with Crippen molar-refractivity contribution in [2.24, 2.45) is 23.2 Å². The van der Waals surface area contributed by atoms with E-state index in [1.165, 1.54) is 6.20 Å². The van der Waals surface area contributed by atoms with E-state index in [4.69, 9.17) is 0 Å². The van der Waals surface area contributed by atoms with Crippen molar-refractivity contribution in [3.8, 4) is 0 Å². The third-order valence-electron chi connectivity index (χ3n) is 11.4. The highest BCUT2D eigenvalue weighted by Crippen LogP contribution is 2.43. The van der Waals surface area contributed by atoms with Gasteiger partial charge >= 0.3 is 0 Å². The number of rotatable bonds is 14. The van der Waals surface area contributed by atoms with Crippen LogP contribution in [0.1, 0.15) is 141 Å². The molecule has 3 saturated carbocycles. The van der Waals surface area contributed by atoms with Crippen LogP contribution in [0.3, 0.4) is 0 Å². The van der Waals surface area contributed by atoms with E-state index in [-0.39, 0.29) is 41.3 Å². The molecule has 0 radical (unpaired) electrons. The summed E-state index contributed by atoms with van der Waals surface area (Å²) in [5.74, 6) is -3.13. The molecular weight excluding hydrogens is 662 g/mol. The summed E-state index contributed by atoms with van der Waals surface area (Å²) in [4.78, 5) is 92.8. The minimum absolute atomic E-state index is 0.0111. The third kappa shape index (κ3) is 9.36. The van der Waals surface area contributed by atoms with E-state index in [0.29, 0.717) is 25.1 Å². The van der Waals surface area contributed by atoms with E-state index in [2.05, 4.69) is 31.2 Å². The van der Waals surface area contributed by atoms with Crippen LogP contribution in [-0.4, -0.2) is 86.9 Å². The Morgan fingerprint density at radius 3 is 2.23 bits per heavy atom. The maximum absolute atomic E-state index is 14.7. The van der Waals surface area contributed by atoms with E-state index in [1.807, 2.05) is 41.5 Å². The summed E-state index contributed by atoms with van der Waals surface area (Å²) >= 11 is 0. The maximum Gasteiger partial charge on any atom is 0.289 e. The minimum atomic E-state index is -1.00. The maximum atomic E-state index is 14.7. The lowest BCUT2D eigenvalue weighted by atomic mass is 9.82. The Morgan fingerprint density at radius 1 is 0.885 bits per heavy atom. The molecule has 1 aromatic heterocycles. The summed E-state index contributed by atoms with van der Waals surface area (Å²) < 4.78 is 0. The summed E-state index contributed by atoms with van der Waals surface area (Å²) in [7, 11) is 0. The fourth-order valence-electron chi connectivity index (χ4n) is 8.22. The Hall–Kier alpha value is -3.90. The lowest BCUT2D eigenvalue weighted by molar-refractivity contribution is -0.146. The summed E-state index contributed by atoms with van der Waals surface area (Å²) in [6.45, 7) is 11.8. The van der Waals surface area contributed by atoms with Crippen molar-refractivity contribution >= 4 is 35.3 Å². The molecule has 5 rings (SSSR count). The van der Waals surface area contributed by atoms with E-state index in [9.17, 15) is 28.8 Å². The molecule has 1 aromatic rings. The summed E-state index contributed by atoms with van der Waals surface area (Å²) in [6, 6.07) is -3.70. The van der Waals surface area contributed by atoms with Crippen LogP contribution in [0.2, 0.25) is 0 Å². The Balaban J connectivity index is 1.36. The molecule has 6 atom stereocenters. The number of fused-ring (bicyclic) bond motifs is 1. The molecule has 0 bridgehead atoms. The zero-order chi connectivity index (χ0) is 37.7. The van der Waals surface area contributed by atoms with Gasteiger partial charge in [0, 0.05) is 18.8 Å². The molecule has 286 valence electrons. The molecule has 1 aliphatic heterocycles. The molecule has 0 aromatic carbocycles. The predicted octanol–water partition coefficient (Wildman–Crippen LogP) is 3.57. The van der Waals surface area contributed by atoms with E-state index < -0.39 is 59.0 Å². The SMILES string of the molecule is CCCC(NC(=O)C1C2CCCC2CN1C(=O)C(NC(=O)C(NC(=O)c1cncc(C(C)C)n1)C1CCCCC1)C(C)(C)C)C(=O)C(=O)NC1CC1. The van der Waals surface area contributed by atoms with Gasteiger partial charge in [-0.2, -0.15) is 0 Å². The Labute approximate surface area is 308 Å². The number of ketones is 1. The highest BCUT2D eigenvalue weighted by Gasteiger charge is 2.52. The van der Waals surface area contributed by atoms with Crippen molar-refractivity contribution in [1.82, 2.24) is 36.1 Å². The highest BCUT2D eigenvalue weighted by molar-refractivity contribution is 6.38. The first-order valence-electron chi connectivity index (χ1n) is 19.6. The van der Waals surface area contributed by atoms with Gasteiger partial charge in [-0.1, -0.05) is 73.6 Å². The number of carbonyl (C=O) groups is 6. The van der Waals surface area contributed by atoms with Crippen LogP contribution >= 0.6 is 0 Å². The van der Waals surface area contributed by atoms with Gasteiger partial charge in [-0.15, -0.1) is 0 Å². The summed E-state index contributed by atoms with van der Waals surface area (Å²) in [6.07, 6.45) is 12.6. The number of nitrogens with one attached hydrogen (secondary N) is 4. The number of hydrogen-bond donors (Lipinski definition) is 4. The van der Waals surface area contributed by atoms with Crippen LogP contribution in [0.5, 0.6) is 0 Å². The average Bonchev–Trinajstić information content (AvgIpc) is 3.68. The topological polar surface area (TPSA) is 180 Å². The largest absolute Gasteiger partial charge is 0.347 e. The molecule has 4 aliphatic rings. The van der Waals surface area contributed by atoms with Crippen LogP contribution in [0, 0.1) is 23.2 Å². The minimum Gasteiger partial charge on any atom is -0.347 e. The van der Waals surface area contributed by atoms with Crippen molar-refractivity contribution in [3.05, 3.63) is 23.8 Å². The standard InChI is InChI=1S/C39H59N7O6/c1-7-12-27(32(47)37(51)41-25-17-18-25)43-36(50)31-26-16-11-15-24(26)21-46(31)38(52)33(39(4,5)6)45-35(49)30(23-13-9-8-10-14-23)44-34(48)29-20-40-19-28(42-29)22(2)3/h19-20,22-27,30-31,33H,7-18,21H2,1-6H3,(H,41,51)(H,43,50)(H,44,48)(H,45,49). The van der Waals surface area contributed by atoms with E-state index in [1.54, 1.807) is 11.1 Å². The van der Waals surface area contributed by atoms with Crippen molar-refractivity contribution in [3.63, 3.8) is 0 Å². The van der Waals surface area contributed by atoms with E-state index in [0.717, 1.165) is 64.2 Å². The van der Waals surface area contributed by atoms with Crippen LogP contribution < -0.4 is 21.3 Å². The second-order valence-corrected chi connectivity index (χ2v) is 16.9. The third-order valence-corrected chi connectivity index (χ3v) is 11.4. The van der Waals surface area contributed by atoms with E-state index >= 15 is 0 Å². The molecule has 0 spiro atoms. The van der Waals surface area contributed by atoms with Crippen molar-refractivity contribution in [1.29, 1.82) is 0 Å². The van der Waals surface area contributed by atoms with Gasteiger partial charge in [-0.25, -0.2) is 4.98 Å². The van der Waals surface area contributed by atoms with Crippen LogP contribution in [0.25, 0.3) is 0 Å². The van der Waals surface area contributed by atoms with Crippen molar-refractivity contribution in [2.45, 2.75) is 155 Å². The van der Waals surface area contributed by atoms with Gasteiger partial charge in [0.15, 0.2) is 0 Å². The van der Waals surface area contributed by atoms with Crippen molar-refractivity contribution in [2.75, 3.05) is 6.54 Å². The van der Waals surface area contributed by atoms with Crippen LogP contribution in [0.15, 0.2) is 12.4 Å². The average molecular weight is 722 g/mol. The number of likely N-dealkylation sites (tertiary alicyclic amines) is 1. The van der Waals surface area contributed by atoms with Crippen molar-refractivity contribution < 1.29 is 28.8 Å². The quantitative estimate of drug-likeness (QED) is 0.211. The normalized spacial score (nSPS) is 23.7. The number of nitrogens with zero attached hydrogens (tertiary/aromatic N) is 3. The first-order valence-corrected chi connectivity index (χ1v) is 19.6. The number of amides is 5. The second kappa shape index (κ2) is 16.8. The summed E-state index contributed by atoms with van der Waals surface area (Å²) in [5.41, 5.74) is 0.0573. The zero-order valence-electron chi connectivity index (χ0n) is 31.8. The fraction of sp³-hybridized carbons (Fsp3) is 0.744. The number of hydrogen-bond acceptors (Lipinski definition) is 8. The molecule has 3 aliphatic carbocycles. The number of aromatic nitrogens is 2. The molecule has 13 heteroatoms. The zero-order valence-corrected chi connectivity index (χ0v) is 31.8. The molecule has 6 unspecified atom stereocenters. The lowest BCUT2D eigenvalue weighted by Crippen LogP contribution is -2.62. The molecule has 52 heavy (non-hydrogen) atoms. The smallest absolute Gasteiger partial charge is 0.289 e. The monoisotopic (exact) mass is 721 g/mol.